The fourth-order valence-corrected chi connectivity index (χ4v) is 3.66. The number of carbonyl (C=O) groups is 1. The Kier molecular flexibility index (Phi) is 11.0. The molecule has 0 radical (unpaired) electrons. The van der Waals surface area contributed by atoms with Crippen LogP contribution in [0.4, 0.5) is 8.78 Å². The molecule has 1 aromatic rings. The number of benzene rings is 1. The number of halogens is 2. The van der Waals surface area contributed by atoms with E-state index in [0.717, 1.165) is 49.0 Å². The summed E-state index contributed by atoms with van der Waals surface area (Å²) in [5, 5.41) is 1.35. The predicted octanol–water partition coefficient (Wildman–Crippen LogP) is 5.59. The van der Waals surface area contributed by atoms with Crippen molar-refractivity contribution in [3.63, 3.8) is 0 Å². The molecule has 6 heteroatoms. The van der Waals surface area contributed by atoms with E-state index in [9.17, 15) is 13.6 Å². The molecule has 2 saturated carbocycles. The molecule has 0 bridgehead atoms. The van der Waals surface area contributed by atoms with Crippen LogP contribution in [-0.4, -0.2) is 22.5 Å². The zero-order chi connectivity index (χ0) is 24.5. The lowest BCUT2D eigenvalue weighted by Crippen LogP contribution is -2.58. The number of nitrogens with two attached hydrogens (primary N) is 2. The standard InChI is InChI=1S/C16H25N3O.C8H8F2.C2H6/c1-4-5-6-13-11(2)9-10-16(13,3)19(18)15(20)14(17)12-7-8-12;1-2-6-5-7(9)3-4-8(6)10;1-2/h4-6,12,14H,2,7-10,17-18H2,1,3H3;3-5H,2H2,1H3;1-2H3/b5-4-,13-6+;;. The van der Waals surface area contributed by atoms with Crippen LogP contribution >= 0.6 is 0 Å². The average Bonchev–Trinajstić information content (AvgIpc) is 3.61. The molecule has 2 aliphatic carbocycles. The normalized spacial score (nSPS) is 22.2. The molecule has 4 nitrogen and oxygen atoms in total. The number of hydrogen-bond donors (Lipinski definition) is 2. The van der Waals surface area contributed by atoms with Gasteiger partial charge in [0.15, 0.2) is 0 Å². The van der Waals surface area contributed by atoms with E-state index >= 15 is 0 Å². The van der Waals surface area contributed by atoms with Gasteiger partial charge in [-0.25, -0.2) is 14.6 Å². The first-order valence-corrected chi connectivity index (χ1v) is 11.5. The van der Waals surface area contributed by atoms with Gasteiger partial charge in [0.25, 0.3) is 5.91 Å². The van der Waals surface area contributed by atoms with Gasteiger partial charge in [-0.2, -0.15) is 0 Å². The van der Waals surface area contributed by atoms with Crippen LogP contribution in [0.15, 0.2) is 54.2 Å². The van der Waals surface area contributed by atoms with Crippen molar-refractivity contribution in [3.05, 3.63) is 71.4 Å². The number of aryl methyl sites for hydroxylation is 1. The summed E-state index contributed by atoms with van der Waals surface area (Å²) in [5.41, 5.74) is 8.02. The van der Waals surface area contributed by atoms with Crippen LogP contribution in [-0.2, 0) is 11.2 Å². The van der Waals surface area contributed by atoms with Crippen molar-refractivity contribution in [2.75, 3.05) is 0 Å². The lowest BCUT2D eigenvalue weighted by molar-refractivity contribution is -0.138. The van der Waals surface area contributed by atoms with Gasteiger partial charge in [-0.05, 0) is 86.8 Å². The second kappa shape index (κ2) is 12.7. The Labute approximate surface area is 192 Å². The van der Waals surface area contributed by atoms with Gasteiger partial charge < -0.3 is 5.73 Å². The Balaban J connectivity index is 0.000000358. The van der Waals surface area contributed by atoms with Crippen LogP contribution < -0.4 is 11.6 Å². The monoisotopic (exact) mass is 447 g/mol. The lowest BCUT2D eigenvalue weighted by Gasteiger charge is -2.37. The summed E-state index contributed by atoms with van der Waals surface area (Å²) < 4.78 is 25.0. The molecule has 1 aromatic carbocycles. The molecule has 0 spiro atoms. The third-order valence-corrected chi connectivity index (χ3v) is 5.90. The molecule has 1 amide bonds. The van der Waals surface area contributed by atoms with Crippen LogP contribution in [0.2, 0.25) is 0 Å². The quantitative estimate of drug-likeness (QED) is 0.351. The fourth-order valence-electron chi connectivity index (χ4n) is 3.66. The molecule has 0 aromatic heterocycles. The third kappa shape index (κ3) is 6.84. The van der Waals surface area contributed by atoms with Crippen molar-refractivity contribution in [2.45, 2.75) is 78.3 Å². The van der Waals surface area contributed by atoms with E-state index in [-0.39, 0.29) is 17.5 Å². The highest BCUT2D eigenvalue weighted by Gasteiger charge is 2.45. The Morgan fingerprint density at radius 2 is 1.97 bits per heavy atom. The first-order valence-electron chi connectivity index (χ1n) is 11.5. The summed E-state index contributed by atoms with van der Waals surface area (Å²) >= 11 is 0. The highest BCUT2D eigenvalue weighted by atomic mass is 19.1. The molecule has 3 rings (SSSR count). The van der Waals surface area contributed by atoms with Gasteiger partial charge in [0, 0.05) is 0 Å². The Hall–Kier alpha value is -2.31. The van der Waals surface area contributed by atoms with Crippen LogP contribution in [0.3, 0.4) is 0 Å². The average molecular weight is 448 g/mol. The van der Waals surface area contributed by atoms with Crippen LogP contribution in [0.5, 0.6) is 0 Å². The van der Waals surface area contributed by atoms with E-state index in [4.69, 9.17) is 11.6 Å². The maximum absolute atomic E-state index is 12.6. The molecule has 2 unspecified atom stereocenters. The predicted molar refractivity (Wildman–Crippen MR) is 128 cm³/mol. The molecule has 2 atom stereocenters. The van der Waals surface area contributed by atoms with Crippen molar-refractivity contribution in [2.24, 2.45) is 17.5 Å². The van der Waals surface area contributed by atoms with Crippen molar-refractivity contribution >= 4 is 5.91 Å². The van der Waals surface area contributed by atoms with E-state index in [1.54, 1.807) is 6.92 Å². The van der Waals surface area contributed by atoms with E-state index < -0.39 is 11.6 Å². The molecular weight excluding hydrogens is 408 g/mol. The fraction of sp³-hybridized carbons (Fsp3) is 0.500. The van der Waals surface area contributed by atoms with E-state index in [1.807, 2.05) is 45.9 Å². The second-order valence-electron chi connectivity index (χ2n) is 8.14. The van der Waals surface area contributed by atoms with Gasteiger partial charge in [-0.15, -0.1) is 0 Å². The first kappa shape index (κ1) is 27.7. The Morgan fingerprint density at radius 3 is 2.47 bits per heavy atom. The Morgan fingerprint density at radius 1 is 1.34 bits per heavy atom. The van der Waals surface area contributed by atoms with Gasteiger partial charge in [0.05, 0.1) is 11.6 Å². The van der Waals surface area contributed by atoms with Gasteiger partial charge in [-0.3, -0.25) is 9.80 Å². The largest absolute Gasteiger partial charge is 0.320 e. The molecular formula is C26H39F2N3O. The molecule has 0 aliphatic heterocycles. The van der Waals surface area contributed by atoms with E-state index in [1.165, 1.54) is 11.1 Å². The van der Waals surface area contributed by atoms with E-state index in [0.29, 0.717) is 17.9 Å². The maximum Gasteiger partial charge on any atom is 0.254 e. The zero-order valence-corrected chi connectivity index (χ0v) is 20.1. The van der Waals surface area contributed by atoms with Crippen LogP contribution in [0.25, 0.3) is 0 Å². The van der Waals surface area contributed by atoms with Crippen LogP contribution in [0, 0.1) is 17.6 Å². The highest BCUT2D eigenvalue weighted by Crippen LogP contribution is 2.42. The van der Waals surface area contributed by atoms with Crippen molar-refractivity contribution in [1.82, 2.24) is 5.01 Å². The minimum absolute atomic E-state index is 0.156. The number of allylic oxidation sites excluding steroid dienone is 3. The SMILES string of the molecule is C=C1CCC(C)(N(N)C(=O)C(N)C2CC2)/C1=C/C=C\C.CC.CCc1cc(F)ccc1F. The summed E-state index contributed by atoms with van der Waals surface area (Å²) in [4.78, 5) is 12.4. The van der Waals surface area contributed by atoms with Gasteiger partial charge in [-0.1, -0.05) is 45.6 Å². The molecule has 2 fully saturated rings. The minimum atomic E-state index is -0.500. The molecule has 0 heterocycles. The summed E-state index contributed by atoms with van der Waals surface area (Å²) in [6.45, 7) is 13.8. The zero-order valence-electron chi connectivity index (χ0n) is 20.1. The lowest BCUT2D eigenvalue weighted by atomic mass is 9.91. The number of carbonyl (C=O) groups excluding carboxylic acids is 1. The number of rotatable bonds is 5. The number of amides is 1. The number of hydrazine groups is 1. The topological polar surface area (TPSA) is 72.3 Å². The summed E-state index contributed by atoms with van der Waals surface area (Å²) in [7, 11) is 0. The first-order chi connectivity index (χ1) is 15.2. The summed E-state index contributed by atoms with van der Waals surface area (Å²) in [6.07, 6.45) is 10.2. The van der Waals surface area contributed by atoms with Crippen molar-refractivity contribution in [1.29, 1.82) is 0 Å². The molecule has 178 valence electrons. The number of nitrogens with zero attached hydrogens (tertiary/aromatic N) is 1. The van der Waals surface area contributed by atoms with Crippen LogP contribution in [0.1, 0.15) is 65.9 Å². The van der Waals surface area contributed by atoms with Crippen molar-refractivity contribution in [3.8, 4) is 0 Å². The minimum Gasteiger partial charge on any atom is -0.320 e. The molecule has 2 aliphatic rings. The van der Waals surface area contributed by atoms with Gasteiger partial charge in [0.1, 0.15) is 11.6 Å². The van der Waals surface area contributed by atoms with Gasteiger partial charge >= 0.3 is 0 Å². The molecule has 0 saturated heterocycles. The summed E-state index contributed by atoms with van der Waals surface area (Å²) in [5.74, 6) is 5.59. The third-order valence-electron chi connectivity index (χ3n) is 5.90. The maximum atomic E-state index is 12.6. The van der Waals surface area contributed by atoms with E-state index in [2.05, 4.69) is 6.58 Å². The molecule has 32 heavy (non-hydrogen) atoms. The van der Waals surface area contributed by atoms with Crippen molar-refractivity contribution < 1.29 is 13.6 Å². The Bertz CT molecular complexity index is 845. The van der Waals surface area contributed by atoms with Gasteiger partial charge in [0.2, 0.25) is 0 Å². The molecule has 4 N–H and O–H groups in total. The number of hydrogen-bond acceptors (Lipinski definition) is 3. The second-order valence-corrected chi connectivity index (χ2v) is 8.14. The smallest absolute Gasteiger partial charge is 0.254 e. The highest BCUT2D eigenvalue weighted by molar-refractivity contribution is 5.83. The summed E-state index contributed by atoms with van der Waals surface area (Å²) in [6, 6.07) is 3.02.